The fourth-order valence-corrected chi connectivity index (χ4v) is 9.60. The fraction of sp³-hybridized carbons (Fsp3) is 0. The number of anilines is 6. The molecule has 1 aromatic heterocycles. The summed E-state index contributed by atoms with van der Waals surface area (Å²) in [6, 6.07) is 83.3. The molecule has 66 heavy (non-hydrogen) atoms. The van der Waals surface area contributed by atoms with E-state index in [0.717, 1.165) is 101 Å². The number of ether oxygens (including phenoxy) is 2. The molecule has 0 amide bonds. The van der Waals surface area contributed by atoms with Crippen molar-refractivity contribution < 1.29 is 9.47 Å². The maximum Gasteiger partial charge on any atom is 0.151 e. The van der Waals surface area contributed by atoms with Crippen LogP contribution in [0.1, 0.15) is 0 Å². The van der Waals surface area contributed by atoms with Gasteiger partial charge in [0.15, 0.2) is 23.0 Å². The topological polar surface area (TPSA) is 37.8 Å². The van der Waals surface area contributed by atoms with E-state index in [0.29, 0.717) is 0 Å². The maximum atomic E-state index is 6.55. The zero-order valence-electron chi connectivity index (χ0n) is 35.7. The highest BCUT2D eigenvalue weighted by Gasteiger charge is 2.30. The number of hydrogen-bond acceptors (Lipinski definition) is 5. The van der Waals surface area contributed by atoms with Crippen molar-refractivity contribution >= 4 is 55.9 Å². The standard InChI is InChI=1S/C61H39N3O2/c1-3-15-40(16-4-1)42-27-31-44(32-28-42)46-35-48-36-49-50(62-61(48)56(39-46)64-53-21-9-13-25-59(53)66-60-26-14-10-22-54(60)64)37-47(45-33-29-43(30-34-45)41-17-5-2-6-18-41)38-55(49)63-51-19-7-11-23-57(51)65-58-24-12-8-20-52(58)63/h1-39H. The number of hydrogen-bond donors (Lipinski definition) is 0. The summed E-state index contributed by atoms with van der Waals surface area (Å²) in [6.07, 6.45) is 0. The lowest BCUT2D eigenvalue weighted by molar-refractivity contribution is 0.477. The molecule has 0 saturated carbocycles. The summed E-state index contributed by atoms with van der Waals surface area (Å²) in [5, 5.41) is 2.03. The first kappa shape index (κ1) is 37.6. The van der Waals surface area contributed by atoms with Crippen LogP contribution in [0.2, 0.25) is 0 Å². The van der Waals surface area contributed by atoms with E-state index in [4.69, 9.17) is 14.5 Å². The van der Waals surface area contributed by atoms with Crippen LogP contribution in [-0.4, -0.2) is 4.98 Å². The quantitative estimate of drug-likeness (QED) is 0.156. The lowest BCUT2D eigenvalue weighted by Crippen LogP contribution is -2.17. The van der Waals surface area contributed by atoms with Gasteiger partial charge in [0.2, 0.25) is 0 Å². The van der Waals surface area contributed by atoms with Crippen molar-refractivity contribution in [1.29, 1.82) is 0 Å². The van der Waals surface area contributed by atoms with Gasteiger partial charge in [-0.15, -0.1) is 0 Å². The molecule has 0 atom stereocenters. The zero-order chi connectivity index (χ0) is 43.6. The SMILES string of the molecule is c1ccc(-c2ccc(-c3cc(N4c5ccccc5Oc5ccccc54)c4nc5cc(-c6ccc(-c7ccccc7)cc6)cc(N6c7ccccc7Oc7ccccc76)c5cc4c3)cc2)cc1. The molecule has 0 aliphatic carbocycles. The number of fused-ring (bicyclic) bond motifs is 6. The van der Waals surface area contributed by atoms with Crippen molar-refractivity contribution in [2.45, 2.75) is 0 Å². The molecule has 0 N–H and O–H groups in total. The summed E-state index contributed by atoms with van der Waals surface area (Å²) in [5.74, 6) is 3.17. The average Bonchev–Trinajstić information content (AvgIpc) is 3.39. The van der Waals surface area contributed by atoms with E-state index in [1.165, 1.54) is 22.3 Å². The number of pyridine rings is 1. The molecule has 2 aliphatic rings. The maximum absolute atomic E-state index is 6.55. The first-order chi connectivity index (χ1) is 32.7. The Labute approximate surface area is 382 Å². The van der Waals surface area contributed by atoms with Crippen LogP contribution in [0.3, 0.4) is 0 Å². The average molecular weight is 846 g/mol. The largest absolute Gasteiger partial charge is 0.453 e. The molecular weight excluding hydrogens is 807 g/mol. The molecule has 0 spiro atoms. The Morgan fingerprint density at radius 2 is 0.621 bits per heavy atom. The third-order valence-corrected chi connectivity index (χ3v) is 12.8. The minimum Gasteiger partial charge on any atom is -0.453 e. The van der Waals surface area contributed by atoms with E-state index in [2.05, 4.69) is 198 Å². The predicted molar refractivity (Wildman–Crippen MR) is 271 cm³/mol. The van der Waals surface area contributed by atoms with Gasteiger partial charge in [0.1, 0.15) is 0 Å². The van der Waals surface area contributed by atoms with Gasteiger partial charge >= 0.3 is 0 Å². The molecule has 0 radical (unpaired) electrons. The molecule has 0 saturated heterocycles. The van der Waals surface area contributed by atoms with Crippen molar-refractivity contribution in [3.05, 3.63) is 237 Å². The second-order valence-electron chi connectivity index (χ2n) is 16.8. The molecule has 310 valence electrons. The molecule has 0 bridgehead atoms. The molecule has 13 rings (SSSR count). The van der Waals surface area contributed by atoms with Gasteiger partial charge in [-0.3, -0.25) is 0 Å². The van der Waals surface area contributed by atoms with Gasteiger partial charge < -0.3 is 19.3 Å². The van der Waals surface area contributed by atoms with Crippen molar-refractivity contribution in [2.24, 2.45) is 0 Å². The number of para-hydroxylation sites is 8. The van der Waals surface area contributed by atoms with Crippen molar-refractivity contribution in [1.82, 2.24) is 4.98 Å². The van der Waals surface area contributed by atoms with Crippen LogP contribution in [0.15, 0.2) is 237 Å². The first-order valence-corrected chi connectivity index (χ1v) is 22.3. The van der Waals surface area contributed by atoms with Gasteiger partial charge in [0.25, 0.3) is 0 Å². The molecular formula is C61H39N3O2. The molecule has 11 aromatic rings. The van der Waals surface area contributed by atoms with E-state index >= 15 is 0 Å². The second-order valence-corrected chi connectivity index (χ2v) is 16.8. The number of aromatic nitrogens is 1. The molecule has 0 unspecified atom stereocenters. The molecule has 10 aromatic carbocycles. The molecule has 2 aliphatic heterocycles. The Balaban J connectivity index is 1.09. The predicted octanol–water partition coefficient (Wildman–Crippen LogP) is 17.2. The van der Waals surface area contributed by atoms with E-state index in [1.54, 1.807) is 0 Å². The van der Waals surface area contributed by atoms with Crippen LogP contribution >= 0.6 is 0 Å². The summed E-state index contributed by atoms with van der Waals surface area (Å²) in [7, 11) is 0. The smallest absolute Gasteiger partial charge is 0.151 e. The molecule has 5 nitrogen and oxygen atoms in total. The van der Waals surface area contributed by atoms with Gasteiger partial charge in [-0.1, -0.05) is 158 Å². The lowest BCUT2D eigenvalue weighted by atomic mass is 9.95. The first-order valence-electron chi connectivity index (χ1n) is 22.3. The van der Waals surface area contributed by atoms with E-state index in [1.807, 2.05) is 48.5 Å². The Morgan fingerprint density at radius 1 is 0.273 bits per heavy atom. The highest BCUT2D eigenvalue weighted by Crippen LogP contribution is 2.55. The van der Waals surface area contributed by atoms with Gasteiger partial charge in [-0.2, -0.15) is 0 Å². The summed E-state index contributed by atoms with van der Waals surface area (Å²) >= 11 is 0. The lowest BCUT2D eigenvalue weighted by Gasteiger charge is -2.34. The van der Waals surface area contributed by atoms with Crippen LogP contribution in [0.4, 0.5) is 34.1 Å². The summed E-state index contributed by atoms with van der Waals surface area (Å²) in [5.41, 5.74) is 16.6. The second kappa shape index (κ2) is 15.4. The highest BCUT2D eigenvalue weighted by molar-refractivity contribution is 6.10. The van der Waals surface area contributed by atoms with E-state index < -0.39 is 0 Å². The minimum atomic E-state index is 0.788. The van der Waals surface area contributed by atoms with Gasteiger partial charge in [-0.25, -0.2) is 4.98 Å². The monoisotopic (exact) mass is 845 g/mol. The van der Waals surface area contributed by atoms with Crippen LogP contribution in [0.5, 0.6) is 23.0 Å². The van der Waals surface area contributed by atoms with Gasteiger partial charge in [-0.05, 0) is 123 Å². The van der Waals surface area contributed by atoms with Crippen LogP contribution < -0.4 is 19.3 Å². The van der Waals surface area contributed by atoms with Crippen molar-refractivity contribution in [3.8, 4) is 67.5 Å². The molecule has 3 heterocycles. The van der Waals surface area contributed by atoms with E-state index in [9.17, 15) is 0 Å². The van der Waals surface area contributed by atoms with Crippen molar-refractivity contribution in [3.63, 3.8) is 0 Å². The third-order valence-electron chi connectivity index (χ3n) is 12.8. The highest BCUT2D eigenvalue weighted by atomic mass is 16.5. The van der Waals surface area contributed by atoms with Gasteiger partial charge in [0.05, 0.1) is 45.2 Å². The Morgan fingerprint density at radius 3 is 1.08 bits per heavy atom. The van der Waals surface area contributed by atoms with Crippen LogP contribution in [0, 0.1) is 0 Å². The van der Waals surface area contributed by atoms with Crippen molar-refractivity contribution in [2.75, 3.05) is 9.80 Å². The summed E-state index contributed by atoms with van der Waals surface area (Å²) in [6.45, 7) is 0. The number of benzene rings is 10. The van der Waals surface area contributed by atoms with Crippen LogP contribution in [-0.2, 0) is 0 Å². The van der Waals surface area contributed by atoms with E-state index in [-0.39, 0.29) is 0 Å². The third kappa shape index (κ3) is 6.36. The normalized spacial score (nSPS) is 12.4. The Hall–Kier alpha value is -8.93. The summed E-state index contributed by atoms with van der Waals surface area (Å²) < 4.78 is 13.1. The minimum absolute atomic E-state index is 0.788. The Bertz CT molecular complexity index is 3310. The summed E-state index contributed by atoms with van der Waals surface area (Å²) in [4.78, 5) is 10.4. The fourth-order valence-electron chi connectivity index (χ4n) is 9.60. The zero-order valence-corrected chi connectivity index (χ0v) is 35.7. The number of nitrogens with zero attached hydrogens (tertiary/aromatic N) is 3. The van der Waals surface area contributed by atoms with Gasteiger partial charge in [0, 0.05) is 10.8 Å². The molecule has 0 fully saturated rings. The van der Waals surface area contributed by atoms with Crippen LogP contribution in [0.25, 0.3) is 66.3 Å². The molecule has 5 heteroatoms. The Kier molecular flexibility index (Phi) is 8.78. The number of rotatable bonds is 6.